The number of nitrogens with zero attached hydrogens (tertiary/aromatic N) is 4. The van der Waals surface area contributed by atoms with Crippen LogP contribution in [-0.4, -0.2) is 42.9 Å². The first-order valence-electron chi connectivity index (χ1n) is 11.3. The highest BCUT2D eigenvalue weighted by atomic mass is 16.5. The van der Waals surface area contributed by atoms with E-state index in [0.29, 0.717) is 23.8 Å². The summed E-state index contributed by atoms with van der Waals surface area (Å²) in [6.45, 7) is 9.25. The summed E-state index contributed by atoms with van der Waals surface area (Å²) in [5, 5.41) is 10.8. The molecule has 180 valence electrons. The molecule has 1 heterocycles. The molecule has 0 aliphatic heterocycles. The highest BCUT2D eigenvalue weighted by molar-refractivity contribution is 6.10. The maximum Gasteiger partial charge on any atom is 0.258 e. The van der Waals surface area contributed by atoms with Crippen LogP contribution in [-0.2, 0) is 13.1 Å². The Bertz CT molecular complexity index is 1200. The zero-order valence-electron chi connectivity index (χ0n) is 21.1. The van der Waals surface area contributed by atoms with E-state index in [1.54, 1.807) is 13.2 Å². The molecule has 8 nitrogen and oxygen atoms in total. The SMILES string of the molecule is CCn1nc(C)c(CN=C(NC(=O)c2cccc(N(C)C)c2)Nc2cc(C)ccc2OC)c1C. The molecule has 0 unspecified atom stereocenters. The zero-order chi connectivity index (χ0) is 24.8. The number of guanidine groups is 1. The molecule has 0 saturated carbocycles. The standard InChI is InChI=1S/C26H34N6O2/c1-8-32-19(4)22(18(3)30-32)16-27-26(28-23-14-17(2)12-13-24(23)34-7)29-25(33)20-10-9-11-21(15-20)31(5)6/h9-15H,8,16H2,1-7H3,(H2,27,28,29,33). The van der Waals surface area contributed by atoms with Crippen LogP contribution in [0.2, 0.25) is 0 Å². The predicted octanol–water partition coefficient (Wildman–Crippen LogP) is 4.30. The number of hydrogen-bond acceptors (Lipinski definition) is 5. The Morgan fingerprint density at radius 3 is 2.56 bits per heavy atom. The van der Waals surface area contributed by atoms with E-state index in [-0.39, 0.29) is 5.91 Å². The Hall–Kier alpha value is -3.81. The van der Waals surface area contributed by atoms with E-state index in [2.05, 4.69) is 22.7 Å². The van der Waals surface area contributed by atoms with Crippen molar-refractivity contribution in [3.05, 3.63) is 70.5 Å². The first kappa shape index (κ1) is 24.8. The van der Waals surface area contributed by atoms with E-state index in [1.165, 1.54) is 0 Å². The van der Waals surface area contributed by atoms with Gasteiger partial charge in [-0.15, -0.1) is 0 Å². The summed E-state index contributed by atoms with van der Waals surface area (Å²) in [5.41, 5.74) is 6.31. The number of anilines is 2. The molecule has 1 aromatic heterocycles. The quantitative estimate of drug-likeness (QED) is 0.404. The summed E-state index contributed by atoms with van der Waals surface area (Å²) in [5.74, 6) is 0.750. The van der Waals surface area contributed by atoms with Crippen LogP contribution in [0.15, 0.2) is 47.5 Å². The smallest absolute Gasteiger partial charge is 0.258 e. The van der Waals surface area contributed by atoms with Gasteiger partial charge in [0.2, 0.25) is 5.96 Å². The number of amides is 1. The van der Waals surface area contributed by atoms with Crippen molar-refractivity contribution in [2.75, 3.05) is 31.4 Å². The van der Waals surface area contributed by atoms with Crippen LogP contribution in [0.1, 0.15) is 39.8 Å². The number of ether oxygens (including phenoxy) is 1. The Morgan fingerprint density at radius 1 is 1.15 bits per heavy atom. The van der Waals surface area contributed by atoms with Crippen LogP contribution in [0.3, 0.4) is 0 Å². The summed E-state index contributed by atoms with van der Waals surface area (Å²) in [6.07, 6.45) is 0. The summed E-state index contributed by atoms with van der Waals surface area (Å²) in [7, 11) is 5.50. The summed E-state index contributed by atoms with van der Waals surface area (Å²) >= 11 is 0. The number of benzene rings is 2. The molecule has 3 aromatic rings. The summed E-state index contributed by atoms with van der Waals surface area (Å²) < 4.78 is 7.46. The van der Waals surface area contributed by atoms with Gasteiger partial charge >= 0.3 is 0 Å². The highest BCUT2D eigenvalue weighted by Gasteiger charge is 2.15. The minimum Gasteiger partial charge on any atom is -0.495 e. The van der Waals surface area contributed by atoms with Gasteiger partial charge in [0.15, 0.2) is 0 Å². The van der Waals surface area contributed by atoms with Crippen LogP contribution in [0.4, 0.5) is 11.4 Å². The molecule has 0 aliphatic rings. The summed E-state index contributed by atoms with van der Waals surface area (Å²) in [4.78, 5) is 19.8. The van der Waals surface area contributed by atoms with Gasteiger partial charge in [0.1, 0.15) is 5.75 Å². The monoisotopic (exact) mass is 462 g/mol. The lowest BCUT2D eigenvalue weighted by molar-refractivity contribution is 0.0977. The lowest BCUT2D eigenvalue weighted by Gasteiger charge is -2.16. The largest absolute Gasteiger partial charge is 0.495 e. The van der Waals surface area contributed by atoms with E-state index < -0.39 is 0 Å². The average molecular weight is 463 g/mol. The third-order valence-electron chi connectivity index (χ3n) is 5.69. The molecule has 0 atom stereocenters. The van der Waals surface area contributed by atoms with Crippen LogP contribution in [0, 0.1) is 20.8 Å². The topological polar surface area (TPSA) is 83.8 Å². The number of hydrogen-bond donors (Lipinski definition) is 2. The van der Waals surface area contributed by atoms with Gasteiger partial charge in [0, 0.05) is 43.1 Å². The molecule has 34 heavy (non-hydrogen) atoms. The molecule has 0 bridgehead atoms. The van der Waals surface area contributed by atoms with Gasteiger partial charge in [0.25, 0.3) is 5.91 Å². The normalized spacial score (nSPS) is 11.3. The van der Waals surface area contributed by atoms with E-state index in [9.17, 15) is 4.79 Å². The second-order valence-corrected chi connectivity index (χ2v) is 8.36. The highest BCUT2D eigenvalue weighted by Crippen LogP contribution is 2.25. The maximum absolute atomic E-state index is 13.1. The number of nitrogens with one attached hydrogen (secondary N) is 2. The van der Waals surface area contributed by atoms with E-state index in [0.717, 1.165) is 40.4 Å². The second-order valence-electron chi connectivity index (χ2n) is 8.36. The zero-order valence-corrected chi connectivity index (χ0v) is 21.1. The van der Waals surface area contributed by atoms with Gasteiger partial charge < -0.3 is 15.0 Å². The van der Waals surface area contributed by atoms with Crippen molar-refractivity contribution in [2.45, 2.75) is 40.8 Å². The predicted molar refractivity (Wildman–Crippen MR) is 138 cm³/mol. The third-order valence-corrected chi connectivity index (χ3v) is 5.69. The van der Waals surface area contributed by atoms with Gasteiger partial charge in [-0.1, -0.05) is 12.1 Å². The van der Waals surface area contributed by atoms with Crippen molar-refractivity contribution in [1.29, 1.82) is 0 Å². The fraction of sp³-hybridized carbons (Fsp3) is 0.346. The van der Waals surface area contributed by atoms with Crippen molar-refractivity contribution in [3.8, 4) is 5.75 Å². The van der Waals surface area contributed by atoms with Crippen LogP contribution < -0.4 is 20.3 Å². The molecule has 0 radical (unpaired) electrons. The van der Waals surface area contributed by atoms with Crippen molar-refractivity contribution in [2.24, 2.45) is 4.99 Å². The molecular formula is C26H34N6O2. The van der Waals surface area contributed by atoms with Crippen molar-refractivity contribution >= 4 is 23.2 Å². The third kappa shape index (κ3) is 5.75. The van der Waals surface area contributed by atoms with Crippen LogP contribution in [0.5, 0.6) is 5.75 Å². The number of aliphatic imine (C=N–C) groups is 1. The molecule has 2 N–H and O–H groups in total. The molecule has 2 aromatic carbocycles. The molecule has 1 amide bonds. The molecule has 0 spiro atoms. The fourth-order valence-electron chi connectivity index (χ4n) is 3.69. The van der Waals surface area contributed by atoms with Gasteiger partial charge in [-0.2, -0.15) is 5.10 Å². The Balaban J connectivity index is 1.94. The minimum absolute atomic E-state index is 0.251. The van der Waals surface area contributed by atoms with E-state index in [4.69, 9.17) is 9.73 Å². The molecular weight excluding hydrogens is 428 g/mol. The van der Waals surface area contributed by atoms with Crippen molar-refractivity contribution < 1.29 is 9.53 Å². The van der Waals surface area contributed by atoms with Crippen molar-refractivity contribution in [3.63, 3.8) is 0 Å². The van der Waals surface area contributed by atoms with Crippen LogP contribution >= 0.6 is 0 Å². The van der Waals surface area contributed by atoms with Gasteiger partial charge in [-0.3, -0.25) is 14.8 Å². The Kier molecular flexibility index (Phi) is 7.94. The summed E-state index contributed by atoms with van der Waals surface area (Å²) in [6, 6.07) is 13.3. The number of carbonyl (C=O) groups is 1. The molecule has 0 saturated heterocycles. The number of methoxy groups -OCH3 is 1. The molecule has 3 rings (SSSR count). The first-order valence-corrected chi connectivity index (χ1v) is 11.3. The molecule has 8 heteroatoms. The lowest BCUT2D eigenvalue weighted by Crippen LogP contribution is -2.36. The second kappa shape index (κ2) is 10.9. The van der Waals surface area contributed by atoms with Crippen LogP contribution in [0.25, 0.3) is 0 Å². The number of rotatable bonds is 7. The van der Waals surface area contributed by atoms with Gasteiger partial charge in [-0.25, -0.2) is 4.99 Å². The Labute approximate surface area is 201 Å². The fourth-order valence-corrected chi connectivity index (χ4v) is 3.69. The van der Waals surface area contributed by atoms with Gasteiger partial charge in [0.05, 0.1) is 25.0 Å². The maximum atomic E-state index is 13.1. The molecule has 0 fully saturated rings. The average Bonchev–Trinajstić information content (AvgIpc) is 3.10. The Morgan fingerprint density at radius 2 is 1.91 bits per heavy atom. The molecule has 0 aliphatic carbocycles. The number of carbonyl (C=O) groups excluding carboxylic acids is 1. The van der Waals surface area contributed by atoms with E-state index >= 15 is 0 Å². The van der Waals surface area contributed by atoms with E-state index in [1.807, 2.05) is 80.8 Å². The number of aryl methyl sites for hydroxylation is 3. The minimum atomic E-state index is -0.251. The lowest BCUT2D eigenvalue weighted by atomic mass is 10.2. The first-order chi connectivity index (χ1) is 16.2. The van der Waals surface area contributed by atoms with Gasteiger partial charge in [-0.05, 0) is 63.6 Å². The number of aromatic nitrogens is 2. The van der Waals surface area contributed by atoms with Crippen molar-refractivity contribution in [1.82, 2.24) is 15.1 Å².